The molecule has 0 unspecified atom stereocenters. The molecule has 1 aromatic carbocycles. The fourth-order valence-electron chi connectivity index (χ4n) is 4.05. The molecule has 3 heteroatoms. The number of aromatic amines is 1. The summed E-state index contributed by atoms with van der Waals surface area (Å²) in [5, 5.41) is 1.18. The van der Waals surface area contributed by atoms with Crippen LogP contribution in [0.3, 0.4) is 0 Å². The molecule has 1 N–H and O–H groups in total. The highest BCUT2D eigenvalue weighted by Gasteiger charge is 2.31. The van der Waals surface area contributed by atoms with Crippen LogP contribution in [-0.2, 0) is 11.2 Å². The number of carbonyl (C=O) groups excluding carboxylic acids is 1. The first-order valence-electron chi connectivity index (χ1n) is 8.12. The molecule has 3 nitrogen and oxygen atoms in total. The molecule has 3 heterocycles. The predicted octanol–water partition coefficient (Wildman–Crippen LogP) is 3.36. The van der Waals surface area contributed by atoms with Crippen molar-refractivity contribution in [1.29, 1.82) is 0 Å². The first-order valence-corrected chi connectivity index (χ1v) is 8.12. The van der Waals surface area contributed by atoms with Crippen molar-refractivity contribution >= 4 is 16.8 Å². The molecular formula is C18H22N2O. The van der Waals surface area contributed by atoms with E-state index in [-0.39, 0.29) is 0 Å². The van der Waals surface area contributed by atoms with Gasteiger partial charge in [0.15, 0.2) is 0 Å². The van der Waals surface area contributed by atoms with Gasteiger partial charge in [-0.3, -0.25) is 4.79 Å². The van der Waals surface area contributed by atoms with Crippen LogP contribution in [0.1, 0.15) is 31.2 Å². The third-order valence-electron chi connectivity index (χ3n) is 5.29. The highest BCUT2D eigenvalue weighted by molar-refractivity contribution is 5.88. The Morgan fingerprint density at radius 1 is 1.10 bits per heavy atom. The zero-order valence-corrected chi connectivity index (χ0v) is 12.3. The maximum Gasteiger partial charge on any atom is 0.227 e. The van der Waals surface area contributed by atoms with Gasteiger partial charge in [0.25, 0.3) is 0 Å². The van der Waals surface area contributed by atoms with E-state index in [1.165, 1.54) is 31.1 Å². The maximum atomic E-state index is 12.7. The van der Waals surface area contributed by atoms with E-state index in [0.29, 0.717) is 12.3 Å². The van der Waals surface area contributed by atoms with E-state index < -0.39 is 0 Å². The molecule has 21 heavy (non-hydrogen) atoms. The Morgan fingerprint density at radius 3 is 2.48 bits per heavy atom. The van der Waals surface area contributed by atoms with Gasteiger partial charge in [-0.25, -0.2) is 0 Å². The third kappa shape index (κ3) is 2.45. The summed E-state index contributed by atoms with van der Waals surface area (Å²) < 4.78 is 0. The van der Waals surface area contributed by atoms with E-state index in [9.17, 15) is 4.79 Å². The number of H-pyrrole nitrogens is 1. The zero-order valence-electron chi connectivity index (χ0n) is 12.3. The number of hydrogen-bond acceptors (Lipinski definition) is 1. The quantitative estimate of drug-likeness (QED) is 0.901. The number of hydrogen-bond donors (Lipinski definition) is 1. The van der Waals surface area contributed by atoms with E-state index >= 15 is 0 Å². The summed E-state index contributed by atoms with van der Waals surface area (Å²) in [6.45, 7) is 1.97. The van der Waals surface area contributed by atoms with E-state index in [0.717, 1.165) is 36.0 Å². The van der Waals surface area contributed by atoms with E-state index in [1.807, 2.05) is 18.3 Å². The van der Waals surface area contributed by atoms with Crippen LogP contribution in [0.25, 0.3) is 10.9 Å². The van der Waals surface area contributed by atoms with Gasteiger partial charge in [0, 0.05) is 30.2 Å². The fourth-order valence-corrected chi connectivity index (χ4v) is 4.05. The van der Waals surface area contributed by atoms with Crippen molar-refractivity contribution in [2.75, 3.05) is 13.1 Å². The second-order valence-electron chi connectivity index (χ2n) is 6.72. The number of amides is 1. The molecule has 1 amide bonds. The van der Waals surface area contributed by atoms with Crippen molar-refractivity contribution in [3.8, 4) is 0 Å². The molecule has 3 fully saturated rings. The zero-order chi connectivity index (χ0) is 14.2. The van der Waals surface area contributed by atoms with E-state index in [2.05, 4.69) is 22.0 Å². The first-order chi connectivity index (χ1) is 10.3. The summed E-state index contributed by atoms with van der Waals surface area (Å²) in [5.74, 6) is 1.80. The van der Waals surface area contributed by atoms with Crippen LogP contribution in [0.5, 0.6) is 0 Å². The lowest BCUT2D eigenvalue weighted by atomic mass is 9.84. The van der Waals surface area contributed by atoms with Gasteiger partial charge in [-0.1, -0.05) is 18.2 Å². The molecule has 5 rings (SSSR count). The molecule has 110 valence electrons. The summed E-state index contributed by atoms with van der Waals surface area (Å²) in [6, 6.07) is 8.23. The van der Waals surface area contributed by atoms with Gasteiger partial charge in [0.1, 0.15) is 0 Å². The first kappa shape index (κ1) is 12.9. The number of rotatable bonds is 2. The topological polar surface area (TPSA) is 36.1 Å². The van der Waals surface area contributed by atoms with Crippen LogP contribution in [-0.4, -0.2) is 28.9 Å². The van der Waals surface area contributed by atoms with Crippen LogP contribution in [0.15, 0.2) is 30.5 Å². The van der Waals surface area contributed by atoms with Crippen molar-refractivity contribution in [3.05, 3.63) is 36.0 Å². The van der Waals surface area contributed by atoms with Crippen molar-refractivity contribution in [3.63, 3.8) is 0 Å². The van der Waals surface area contributed by atoms with Gasteiger partial charge in [-0.2, -0.15) is 0 Å². The summed E-state index contributed by atoms with van der Waals surface area (Å²) in [5.41, 5.74) is 2.25. The minimum Gasteiger partial charge on any atom is -0.361 e. The highest BCUT2D eigenvalue weighted by atomic mass is 16.2. The number of nitrogens with zero attached hydrogens (tertiary/aromatic N) is 1. The molecule has 0 spiro atoms. The standard InChI is InChI=1S/C18H22N2O/c21-18(20-11-13-5-6-14(12-20)8-7-13)9-15-10-19-17-4-2-1-3-16(15)17/h1-4,10,13-14,19H,5-9,11-12H2. The Labute approximate surface area is 125 Å². The third-order valence-corrected chi connectivity index (χ3v) is 5.29. The number of aromatic nitrogens is 1. The normalized spacial score (nSPS) is 25.2. The van der Waals surface area contributed by atoms with Crippen molar-refractivity contribution in [2.45, 2.75) is 32.1 Å². The van der Waals surface area contributed by atoms with Crippen molar-refractivity contribution < 1.29 is 4.79 Å². The molecule has 2 aromatic rings. The van der Waals surface area contributed by atoms with E-state index in [4.69, 9.17) is 0 Å². The minimum absolute atomic E-state index is 0.304. The average Bonchev–Trinajstić information content (AvgIpc) is 2.70. The number of carbonyl (C=O) groups is 1. The summed E-state index contributed by atoms with van der Waals surface area (Å²) in [6.07, 6.45) is 7.81. The molecule has 3 aliphatic rings. The van der Waals surface area contributed by atoms with Crippen LogP contribution >= 0.6 is 0 Å². The number of para-hydroxylation sites is 1. The van der Waals surface area contributed by atoms with Crippen LogP contribution < -0.4 is 0 Å². The molecule has 2 saturated heterocycles. The molecular weight excluding hydrogens is 260 g/mol. The van der Waals surface area contributed by atoms with Crippen LogP contribution in [0.2, 0.25) is 0 Å². The number of nitrogens with one attached hydrogen (secondary N) is 1. The maximum absolute atomic E-state index is 12.7. The van der Waals surface area contributed by atoms with Gasteiger partial charge in [-0.15, -0.1) is 0 Å². The predicted molar refractivity (Wildman–Crippen MR) is 84.0 cm³/mol. The Balaban J connectivity index is 1.53. The Kier molecular flexibility index (Phi) is 3.21. The number of benzene rings is 1. The SMILES string of the molecule is O=C(Cc1c[nH]c2ccccc12)N1CC2CCC(CC2)C1. The van der Waals surface area contributed by atoms with Gasteiger partial charge in [-0.05, 0) is 49.1 Å². The Hall–Kier alpha value is -1.77. The van der Waals surface area contributed by atoms with Crippen molar-refractivity contribution in [2.24, 2.45) is 11.8 Å². The second kappa shape index (κ2) is 5.21. The van der Waals surface area contributed by atoms with Gasteiger partial charge >= 0.3 is 0 Å². The lowest BCUT2D eigenvalue weighted by Gasteiger charge is -2.22. The van der Waals surface area contributed by atoms with Gasteiger partial charge in [0.05, 0.1) is 6.42 Å². The lowest BCUT2D eigenvalue weighted by molar-refractivity contribution is -0.131. The highest BCUT2D eigenvalue weighted by Crippen LogP contribution is 2.34. The largest absolute Gasteiger partial charge is 0.361 e. The van der Waals surface area contributed by atoms with Crippen molar-refractivity contribution in [1.82, 2.24) is 9.88 Å². The smallest absolute Gasteiger partial charge is 0.227 e. The molecule has 1 aliphatic carbocycles. The summed E-state index contributed by atoms with van der Waals surface area (Å²) in [4.78, 5) is 18.1. The summed E-state index contributed by atoms with van der Waals surface area (Å²) in [7, 11) is 0. The van der Waals surface area contributed by atoms with Gasteiger partial charge < -0.3 is 9.88 Å². The van der Waals surface area contributed by atoms with E-state index in [1.54, 1.807) is 0 Å². The minimum atomic E-state index is 0.304. The molecule has 0 radical (unpaired) electrons. The molecule has 2 aliphatic heterocycles. The molecule has 0 atom stereocenters. The summed E-state index contributed by atoms with van der Waals surface area (Å²) >= 11 is 0. The number of fused-ring (bicyclic) bond motifs is 5. The van der Waals surface area contributed by atoms with Crippen LogP contribution in [0.4, 0.5) is 0 Å². The lowest BCUT2D eigenvalue weighted by Crippen LogP contribution is -2.35. The van der Waals surface area contributed by atoms with Gasteiger partial charge in [0.2, 0.25) is 5.91 Å². The average molecular weight is 282 g/mol. The fraction of sp³-hybridized carbons (Fsp3) is 0.500. The monoisotopic (exact) mass is 282 g/mol. The molecule has 1 aromatic heterocycles. The van der Waals surface area contributed by atoms with Crippen LogP contribution in [0, 0.1) is 11.8 Å². The Bertz CT molecular complexity index is 638. The second-order valence-corrected chi connectivity index (χ2v) is 6.72. The molecule has 2 bridgehead atoms. The molecule has 1 saturated carbocycles. The Morgan fingerprint density at radius 2 is 1.76 bits per heavy atom.